The van der Waals surface area contributed by atoms with E-state index in [1.807, 2.05) is 0 Å². The van der Waals surface area contributed by atoms with Gasteiger partial charge in [0.25, 0.3) is 0 Å². The van der Waals surface area contributed by atoms with Crippen LogP contribution in [-0.4, -0.2) is 29.7 Å². The number of nitrogens with two attached hydrogens (primary N) is 1. The second kappa shape index (κ2) is 5.87. The number of nitrogens with one attached hydrogen (secondary N) is 1. The van der Waals surface area contributed by atoms with Gasteiger partial charge in [0, 0.05) is 13.2 Å². The van der Waals surface area contributed by atoms with E-state index >= 15 is 0 Å². The molecule has 6 heteroatoms. The Bertz CT molecular complexity index is 301. The van der Waals surface area contributed by atoms with Crippen molar-refractivity contribution in [3.63, 3.8) is 0 Å². The van der Waals surface area contributed by atoms with Crippen LogP contribution in [0.1, 0.15) is 13.3 Å². The zero-order valence-electron chi connectivity index (χ0n) is 8.83. The molecule has 84 valence electrons. The molecule has 5 nitrogen and oxygen atoms in total. The zero-order valence-corrected chi connectivity index (χ0v) is 10.4. The van der Waals surface area contributed by atoms with Gasteiger partial charge in [-0.15, -0.1) is 0 Å². The number of hydrogen-bond acceptors (Lipinski definition) is 5. The number of nitrogens with zero attached hydrogens (tertiary/aromatic N) is 2. The van der Waals surface area contributed by atoms with E-state index in [9.17, 15) is 0 Å². The molecular formula is C9H15BrN4O. The monoisotopic (exact) mass is 274 g/mol. The van der Waals surface area contributed by atoms with E-state index in [4.69, 9.17) is 10.5 Å². The third kappa shape index (κ3) is 4.01. The number of nitrogen functional groups attached to an aromatic ring is 1. The number of hydrogen-bond donors (Lipinski definition) is 2. The molecule has 1 atom stereocenters. The molecule has 1 unspecified atom stereocenters. The van der Waals surface area contributed by atoms with Gasteiger partial charge in [0.05, 0.1) is 12.6 Å². The number of rotatable bonds is 5. The summed E-state index contributed by atoms with van der Waals surface area (Å²) in [7, 11) is 1.67. The van der Waals surface area contributed by atoms with E-state index in [0.717, 1.165) is 6.42 Å². The van der Waals surface area contributed by atoms with Crippen molar-refractivity contribution < 1.29 is 4.74 Å². The Labute approximate surface area is 97.6 Å². The average molecular weight is 275 g/mol. The summed E-state index contributed by atoms with van der Waals surface area (Å²) in [6.45, 7) is 2.68. The predicted molar refractivity (Wildman–Crippen MR) is 63.7 cm³/mol. The molecule has 1 aromatic rings. The Balaban J connectivity index is 2.69. The van der Waals surface area contributed by atoms with Gasteiger partial charge in [-0.2, -0.15) is 4.98 Å². The van der Waals surface area contributed by atoms with Gasteiger partial charge in [-0.3, -0.25) is 0 Å². The van der Waals surface area contributed by atoms with E-state index < -0.39 is 0 Å². The van der Waals surface area contributed by atoms with Crippen molar-refractivity contribution in [1.29, 1.82) is 0 Å². The Kier molecular flexibility index (Phi) is 4.77. The third-order valence-corrected chi connectivity index (χ3v) is 2.31. The van der Waals surface area contributed by atoms with Crippen molar-refractivity contribution in [3.05, 3.63) is 10.7 Å². The fourth-order valence-corrected chi connectivity index (χ4v) is 1.55. The second-order valence-corrected chi connectivity index (χ2v) is 3.96. The Hall–Kier alpha value is -0.880. The second-order valence-electron chi connectivity index (χ2n) is 3.14. The minimum absolute atomic E-state index is 0.198. The number of ether oxygens (including phenoxy) is 1. The first-order valence-electron chi connectivity index (χ1n) is 4.71. The average Bonchev–Trinajstić information content (AvgIpc) is 2.15. The molecular weight excluding hydrogens is 260 g/mol. The molecule has 0 amide bonds. The Morgan fingerprint density at radius 1 is 1.60 bits per heavy atom. The van der Waals surface area contributed by atoms with Crippen molar-refractivity contribution in [2.45, 2.75) is 19.4 Å². The van der Waals surface area contributed by atoms with Gasteiger partial charge in [0.15, 0.2) is 0 Å². The molecule has 0 fully saturated rings. The summed E-state index contributed by atoms with van der Waals surface area (Å²) in [5.41, 5.74) is 5.60. The SMILES string of the molecule is CCC(COC)Nc1nc(N)cc(Br)n1. The summed E-state index contributed by atoms with van der Waals surface area (Å²) in [6.07, 6.45) is 0.934. The van der Waals surface area contributed by atoms with E-state index in [1.165, 1.54) is 0 Å². The van der Waals surface area contributed by atoms with Crippen LogP contribution >= 0.6 is 15.9 Å². The lowest BCUT2D eigenvalue weighted by molar-refractivity contribution is 0.184. The summed E-state index contributed by atoms with van der Waals surface area (Å²) in [4.78, 5) is 8.24. The fourth-order valence-electron chi connectivity index (χ4n) is 1.14. The van der Waals surface area contributed by atoms with Crippen molar-refractivity contribution in [2.24, 2.45) is 0 Å². The van der Waals surface area contributed by atoms with Crippen molar-refractivity contribution in [1.82, 2.24) is 9.97 Å². The lowest BCUT2D eigenvalue weighted by Gasteiger charge is -2.15. The van der Waals surface area contributed by atoms with Gasteiger partial charge in [0.2, 0.25) is 5.95 Å². The largest absolute Gasteiger partial charge is 0.383 e. The molecule has 0 saturated carbocycles. The van der Waals surface area contributed by atoms with E-state index in [-0.39, 0.29) is 6.04 Å². The molecule has 0 aliphatic heterocycles. The third-order valence-electron chi connectivity index (χ3n) is 1.91. The summed E-state index contributed by atoms with van der Waals surface area (Å²) >= 11 is 3.26. The first kappa shape index (κ1) is 12.2. The van der Waals surface area contributed by atoms with Crippen LogP contribution in [0.2, 0.25) is 0 Å². The number of aromatic nitrogens is 2. The highest BCUT2D eigenvalue weighted by Gasteiger charge is 2.08. The molecule has 0 spiro atoms. The Morgan fingerprint density at radius 3 is 2.87 bits per heavy atom. The van der Waals surface area contributed by atoms with Crippen molar-refractivity contribution in [3.8, 4) is 0 Å². The van der Waals surface area contributed by atoms with E-state index in [1.54, 1.807) is 13.2 Å². The topological polar surface area (TPSA) is 73.1 Å². The fraction of sp³-hybridized carbons (Fsp3) is 0.556. The number of methoxy groups -OCH3 is 1. The highest BCUT2D eigenvalue weighted by molar-refractivity contribution is 9.10. The summed E-state index contributed by atoms with van der Waals surface area (Å²) < 4.78 is 5.74. The van der Waals surface area contributed by atoms with Crippen molar-refractivity contribution >= 4 is 27.7 Å². The van der Waals surface area contributed by atoms with Crippen LogP contribution in [0.5, 0.6) is 0 Å². The van der Waals surface area contributed by atoms with Gasteiger partial charge in [-0.05, 0) is 22.4 Å². The highest BCUT2D eigenvalue weighted by atomic mass is 79.9. The Morgan fingerprint density at radius 2 is 2.33 bits per heavy atom. The molecule has 0 saturated heterocycles. The van der Waals surface area contributed by atoms with Gasteiger partial charge in [-0.25, -0.2) is 4.98 Å². The van der Waals surface area contributed by atoms with E-state index in [0.29, 0.717) is 23.0 Å². The molecule has 1 aromatic heterocycles. The molecule has 0 aliphatic carbocycles. The lowest BCUT2D eigenvalue weighted by Crippen LogP contribution is -2.25. The molecule has 0 aliphatic rings. The van der Waals surface area contributed by atoms with Crippen LogP contribution < -0.4 is 11.1 Å². The number of anilines is 2. The summed E-state index contributed by atoms with van der Waals surface area (Å²) in [6, 6.07) is 1.85. The lowest BCUT2D eigenvalue weighted by atomic mass is 10.2. The van der Waals surface area contributed by atoms with Crippen LogP contribution in [-0.2, 0) is 4.74 Å². The van der Waals surface area contributed by atoms with Crippen LogP contribution in [0, 0.1) is 0 Å². The van der Waals surface area contributed by atoms with Gasteiger partial charge in [0.1, 0.15) is 10.4 Å². The van der Waals surface area contributed by atoms with Gasteiger partial charge in [-0.1, -0.05) is 6.92 Å². The molecule has 1 heterocycles. The summed E-state index contributed by atoms with van der Waals surface area (Å²) in [5, 5.41) is 3.15. The molecule has 15 heavy (non-hydrogen) atoms. The standard InChI is InChI=1S/C9H15BrN4O/c1-3-6(5-15-2)12-9-13-7(10)4-8(11)14-9/h4,6H,3,5H2,1-2H3,(H3,11,12,13,14). The minimum Gasteiger partial charge on any atom is -0.383 e. The van der Waals surface area contributed by atoms with Crippen LogP contribution in [0.15, 0.2) is 10.7 Å². The summed E-state index contributed by atoms with van der Waals surface area (Å²) in [5.74, 6) is 0.956. The quantitative estimate of drug-likeness (QED) is 0.799. The van der Waals surface area contributed by atoms with Crippen LogP contribution in [0.4, 0.5) is 11.8 Å². The highest BCUT2D eigenvalue weighted by Crippen LogP contribution is 2.13. The first-order valence-corrected chi connectivity index (χ1v) is 5.50. The normalized spacial score (nSPS) is 12.5. The maximum absolute atomic E-state index is 5.60. The minimum atomic E-state index is 0.198. The maximum atomic E-state index is 5.60. The molecule has 0 radical (unpaired) electrons. The van der Waals surface area contributed by atoms with Crippen molar-refractivity contribution in [2.75, 3.05) is 24.8 Å². The molecule has 0 bridgehead atoms. The predicted octanol–water partition coefficient (Wildman–Crippen LogP) is 1.66. The molecule has 3 N–H and O–H groups in total. The molecule has 1 rings (SSSR count). The van der Waals surface area contributed by atoms with Crippen LogP contribution in [0.25, 0.3) is 0 Å². The molecule has 0 aromatic carbocycles. The smallest absolute Gasteiger partial charge is 0.226 e. The van der Waals surface area contributed by atoms with E-state index in [2.05, 4.69) is 38.1 Å². The number of halogens is 1. The zero-order chi connectivity index (χ0) is 11.3. The first-order chi connectivity index (χ1) is 7.15. The van der Waals surface area contributed by atoms with Crippen LogP contribution in [0.3, 0.4) is 0 Å². The maximum Gasteiger partial charge on any atom is 0.226 e. The van der Waals surface area contributed by atoms with Gasteiger partial charge < -0.3 is 15.8 Å². The van der Waals surface area contributed by atoms with Gasteiger partial charge >= 0.3 is 0 Å².